The number of hydrogen-bond acceptors (Lipinski definition) is 2. The highest BCUT2D eigenvalue weighted by atomic mass is 35.5. The van der Waals surface area contributed by atoms with Crippen LogP contribution in [0.5, 0.6) is 0 Å². The van der Waals surface area contributed by atoms with E-state index in [2.05, 4.69) is 238 Å². The Morgan fingerprint density at radius 3 is 1.49 bits per heavy atom. The van der Waals surface area contributed by atoms with E-state index in [4.69, 9.17) is 11.6 Å². The zero-order valence-corrected chi connectivity index (χ0v) is 37.7. The van der Waals surface area contributed by atoms with Gasteiger partial charge in [0.15, 0.2) is 0 Å². The molecule has 2 nitrogen and oxygen atoms in total. The normalized spacial score (nSPS) is 13.9. The summed E-state index contributed by atoms with van der Waals surface area (Å²) in [6, 6.07) is 77.6. The zero-order chi connectivity index (χ0) is 44.0. The van der Waals surface area contributed by atoms with E-state index < -0.39 is 0 Å². The molecule has 0 spiro atoms. The van der Waals surface area contributed by atoms with Crippen molar-refractivity contribution >= 4 is 67.3 Å². The van der Waals surface area contributed by atoms with Gasteiger partial charge in [-0.1, -0.05) is 179 Å². The molecule has 0 bridgehead atoms. The summed E-state index contributed by atoms with van der Waals surface area (Å²) in [7, 11) is 0. The Morgan fingerprint density at radius 1 is 0.323 bits per heavy atom. The molecule has 0 N–H and O–H groups in total. The maximum absolute atomic E-state index is 6.80. The summed E-state index contributed by atoms with van der Waals surface area (Å²) in [4.78, 5) is 4.77. The van der Waals surface area contributed by atoms with E-state index in [1.807, 2.05) is 12.1 Å². The summed E-state index contributed by atoms with van der Waals surface area (Å²) >= 11 is 6.80. The summed E-state index contributed by atoms with van der Waals surface area (Å²) in [6.07, 6.45) is 0. The van der Waals surface area contributed by atoms with Crippen molar-refractivity contribution in [3.05, 3.63) is 240 Å². The van der Waals surface area contributed by atoms with Crippen molar-refractivity contribution in [3.8, 4) is 33.4 Å². The average Bonchev–Trinajstić information content (AvgIpc) is 3.72. The minimum atomic E-state index is -0.251. The highest BCUT2D eigenvalue weighted by Crippen LogP contribution is 2.56. The van der Waals surface area contributed by atoms with Crippen LogP contribution in [0.3, 0.4) is 0 Å². The summed E-state index contributed by atoms with van der Waals surface area (Å²) < 4.78 is 0. The van der Waals surface area contributed by atoms with Gasteiger partial charge in [-0.2, -0.15) is 0 Å². The van der Waals surface area contributed by atoms with Crippen molar-refractivity contribution in [2.24, 2.45) is 0 Å². The second kappa shape index (κ2) is 14.8. The van der Waals surface area contributed by atoms with Crippen molar-refractivity contribution in [3.63, 3.8) is 0 Å². The Bertz CT molecular complexity index is 3510. The van der Waals surface area contributed by atoms with E-state index in [1.165, 1.54) is 77.2 Å². The molecule has 65 heavy (non-hydrogen) atoms. The van der Waals surface area contributed by atoms with Gasteiger partial charge in [-0.25, -0.2) is 0 Å². The van der Waals surface area contributed by atoms with Crippen LogP contribution < -0.4 is 9.80 Å². The quantitative estimate of drug-likeness (QED) is 0.147. The van der Waals surface area contributed by atoms with E-state index in [-0.39, 0.29) is 10.8 Å². The Morgan fingerprint density at radius 2 is 0.800 bits per heavy atom. The first-order chi connectivity index (χ1) is 31.7. The second-order valence-electron chi connectivity index (χ2n) is 18.7. The fraction of sp³-hybridized carbons (Fsp3) is 0.0968. The van der Waals surface area contributed by atoms with Gasteiger partial charge in [-0.3, -0.25) is 0 Å². The minimum absolute atomic E-state index is 0.147. The molecule has 10 aromatic rings. The van der Waals surface area contributed by atoms with Crippen LogP contribution in [0.2, 0.25) is 5.02 Å². The van der Waals surface area contributed by atoms with Gasteiger partial charge in [0, 0.05) is 50.0 Å². The Labute approximate surface area is 386 Å². The van der Waals surface area contributed by atoms with Crippen LogP contribution in [-0.4, -0.2) is 0 Å². The first-order valence-corrected chi connectivity index (χ1v) is 23.0. The van der Waals surface area contributed by atoms with Crippen molar-refractivity contribution in [1.29, 1.82) is 0 Å². The molecule has 0 radical (unpaired) electrons. The van der Waals surface area contributed by atoms with Crippen molar-refractivity contribution in [2.75, 3.05) is 9.80 Å². The van der Waals surface area contributed by atoms with E-state index in [9.17, 15) is 0 Å². The highest BCUT2D eigenvalue weighted by molar-refractivity contribution is 6.31. The van der Waals surface area contributed by atoms with Gasteiger partial charge in [0.05, 0.1) is 0 Å². The van der Waals surface area contributed by atoms with Gasteiger partial charge in [0.1, 0.15) is 0 Å². The van der Waals surface area contributed by atoms with Crippen molar-refractivity contribution < 1.29 is 0 Å². The third kappa shape index (κ3) is 6.16. The molecular formula is C62H47ClN2. The SMILES string of the molecule is CC1(C)c2ccccc2-c2ccc(N(c3cccc(Cl)c3)c3cccc(N(c4ccc(-c5ccccc5)cc4)c4ccc5c(c4)C(C)(C)c4c-5c5ccccc5c5ccccc45)c3)cc21. The molecule has 2 aliphatic carbocycles. The van der Waals surface area contributed by atoms with E-state index in [1.54, 1.807) is 0 Å². The number of hydrogen-bond donors (Lipinski definition) is 0. The smallest absolute Gasteiger partial charge is 0.0482 e. The average molecular weight is 856 g/mol. The lowest BCUT2D eigenvalue weighted by atomic mass is 9.79. The van der Waals surface area contributed by atoms with Gasteiger partial charge >= 0.3 is 0 Å². The highest BCUT2D eigenvalue weighted by Gasteiger charge is 2.39. The van der Waals surface area contributed by atoms with Crippen LogP contribution >= 0.6 is 11.6 Å². The van der Waals surface area contributed by atoms with Crippen molar-refractivity contribution in [1.82, 2.24) is 0 Å². The lowest BCUT2D eigenvalue weighted by molar-refractivity contribution is 0.660. The first kappa shape index (κ1) is 39.2. The van der Waals surface area contributed by atoms with E-state index in [0.29, 0.717) is 5.02 Å². The predicted molar refractivity (Wildman–Crippen MR) is 276 cm³/mol. The standard InChI is InChI=1S/C62H47ClN2/c1-61(2)56-27-13-12-24-51(56)52-34-32-48(38-57(52)61)65(44-19-14-18-42(63)36-44)46-21-15-20-45(37-46)64(43-30-28-41(29-31-43)40-16-6-5-7-17-40)47-33-35-55-58(39-47)62(3,4)60-54-26-11-9-23-50(54)49-22-8-10-25-53(49)59(55)60/h5-39H,1-4H3. The topological polar surface area (TPSA) is 6.48 Å². The van der Waals surface area contributed by atoms with Crippen molar-refractivity contribution in [2.45, 2.75) is 38.5 Å². The molecule has 0 fully saturated rings. The van der Waals surface area contributed by atoms with Gasteiger partial charge in [0.25, 0.3) is 0 Å². The molecular weight excluding hydrogens is 808 g/mol. The largest absolute Gasteiger partial charge is 0.310 e. The lowest BCUT2D eigenvalue weighted by Crippen LogP contribution is -2.18. The van der Waals surface area contributed by atoms with Crippen LogP contribution in [0.4, 0.5) is 34.1 Å². The third-order valence-electron chi connectivity index (χ3n) is 14.2. The lowest BCUT2D eigenvalue weighted by Gasteiger charge is -2.31. The molecule has 312 valence electrons. The molecule has 0 aliphatic heterocycles. The molecule has 0 aromatic heterocycles. The molecule has 12 rings (SSSR count). The molecule has 0 atom stereocenters. The fourth-order valence-corrected chi connectivity index (χ4v) is 11.3. The van der Waals surface area contributed by atoms with Gasteiger partial charge in [-0.15, -0.1) is 0 Å². The van der Waals surface area contributed by atoms with Gasteiger partial charge in [-0.05, 0) is 150 Å². The molecule has 0 saturated heterocycles. The van der Waals surface area contributed by atoms with Gasteiger partial charge < -0.3 is 9.80 Å². The zero-order valence-electron chi connectivity index (χ0n) is 37.0. The first-order valence-electron chi connectivity index (χ1n) is 22.6. The van der Waals surface area contributed by atoms with Crippen LogP contribution in [0.25, 0.3) is 54.9 Å². The summed E-state index contributed by atoms with van der Waals surface area (Å²) in [6.45, 7) is 9.49. The Hall–Kier alpha value is -7.39. The van der Waals surface area contributed by atoms with Gasteiger partial charge in [0.2, 0.25) is 0 Å². The Balaban J connectivity index is 1.04. The number of benzene rings is 10. The van der Waals surface area contributed by atoms with Crippen LogP contribution in [-0.2, 0) is 10.8 Å². The maximum Gasteiger partial charge on any atom is 0.0482 e. The molecule has 0 heterocycles. The van der Waals surface area contributed by atoms with E-state index in [0.717, 1.165) is 34.1 Å². The number of nitrogens with zero attached hydrogens (tertiary/aromatic N) is 2. The number of halogens is 1. The van der Waals surface area contributed by atoms with E-state index >= 15 is 0 Å². The van der Waals surface area contributed by atoms with Crippen LogP contribution in [0.1, 0.15) is 49.9 Å². The summed E-state index contributed by atoms with van der Waals surface area (Å²) in [5.41, 5.74) is 19.0. The monoisotopic (exact) mass is 854 g/mol. The maximum atomic E-state index is 6.80. The summed E-state index contributed by atoms with van der Waals surface area (Å²) in [5.74, 6) is 0. The van der Waals surface area contributed by atoms with Crippen LogP contribution in [0, 0.1) is 0 Å². The van der Waals surface area contributed by atoms with Crippen LogP contribution in [0.15, 0.2) is 212 Å². The second-order valence-corrected chi connectivity index (χ2v) is 19.1. The number of anilines is 6. The summed E-state index contributed by atoms with van der Waals surface area (Å²) in [5, 5.41) is 5.93. The molecule has 10 aromatic carbocycles. The minimum Gasteiger partial charge on any atom is -0.310 e. The number of rotatable bonds is 7. The molecule has 0 amide bonds. The molecule has 0 saturated carbocycles. The number of fused-ring (bicyclic) bond motifs is 11. The third-order valence-corrected chi connectivity index (χ3v) is 14.5. The predicted octanol–water partition coefficient (Wildman–Crippen LogP) is 17.9. The molecule has 2 aliphatic rings. The molecule has 3 heteroatoms. The fourth-order valence-electron chi connectivity index (χ4n) is 11.2. The Kier molecular flexibility index (Phi) is 8.95. The molecule has 0 unspecified atom stereocenters.